The Morgan fingerprint density at radius 1 is 0.722 bits per heavy atom. The van der Waals surface area contributed by atoms with Crippen molar-refractivity contribution in [3.05, 3.63) is 79.1 Å². The van der Waals surface area contributed by atoms with E-state index in [1.807, 2.05) is 36.5 Å². The van der Waals surface area contributed by atoms with E-state index in [0.29, 0.717) is 0 Å². The third kappa shape index (κ3) is 2.16. The highest BCUT2D eigenvalue weighted by atomic mass is 14.6. The van der Waals surface area contributed by atoms with Gasteiger partial charge in [0.1, 0.15) is 0 Å². The van der Waals surface area contributed by atoms with Crippen LogP contribution in [-0.4, -0.2) is 4.98 Å². The molecule has 1 aromatic heterocycles. The Balaban J connectivity index is 1.95. The Bertz CT molecular complexity index is 554. The zero-order valence-electron chi connectivity index (χ0n) is 9.88. The molecule has 0 bridgehead atoms. The van der Waals surface area contributed by atoms with Gasteiger partial charge in [-0.15, -0.1) is 0 Å². The van der Waals surface area contributed by atoms with E-state index in [1.165, 1.54) is 5.56 Å². The lowest BCUT2D eigenvalue weighted by Crippen LogP contribution is -1.81. The number of pyridine rings is 1. The summed E-state index contributed by atoms with van der Waals surface area (Å²) in [6.07, 6.45) is 3.65. The van der Waals surface area contributed by atoms with Crippen LogP contribution in [-0.2, 0) is 0 Å². The predicted molar refractivity (Wildman–Crippen MR) is 73.9 cm³/mol. The van der Waals surface area contributed by atoms with Gasteiger partial charge in [-0.2, -0.15) is 0 Å². The van der Waals surface area contributed by atoms with Crippen LogP contribution in [0, 0.1) is 6.07 Å². The summed E-state index contributed by atoms with van der Waals surface area (Å²) in [5.41, 5.74) is 4.56. The van der Waals surface area contributed by atoms with Gasteiger partial charge in [-0.3, -0.25) is 4.98 Å². The fraction of sp³-hybridized carbons (Fsp3) is 0. The molecule has 3 aromatic rings. The first-order chi connectivity index (χ1) is 8.93. The van der Waals surface area contributed by atoms with Crippen molar-refractivity contribution in [1.82, 2.24) is 4.98 Å². The van der Waals surface area contributed by atoms with Crippen LogP contribution in [0.5, 0.6) is 0 Å². The molecule has 3 rings (SSSR count). The molecule has 0 aliphatic heterocycles. The third-order valence-corrected chi connectivity index (χ3v) is 2.89. The average Bonchev–Trinajstić information content (AvgIpc) is 2.49. The molecule has 1 heterocycles. The molecule has 0 saturated heterocycles. The summed E-state index contributed by atoms with van der Waals surface area (Å²) in [6, 6.07) is 23.8. The largest absolute Gasteiger partial charge is 0.264 e. The Labute approximate surface area is 107 Å². The van der Waals surface area contributed by atoms with Crippen LogP contribution >= 0.6 is 0 Å². The molecule has 1 nitrogen and oxygen atoms in total. The highest BCUT2D eigenvalue weighted by molar-refractivity contribution is 5.69. The molecule has 0 unspecified atom stereocenters. The van der Waals surface area contributed by atoms with Gasteiger partial charge in [0.2, 0.25) is 0 Å². The van der Waals surface area contributed by atoms with Crippen LogP contribution < -0.4 is 0 Å². The number of nitrogens with zero attached hydrogens (tertiary/aromatic N) is 1. The second-order valence-electron chi connectivity index (χ2n) is 4.10. The van der Waals surface area contributed by atoms with Gasteiger partial charge in [0.15, 0.2) is 0 Å². The minimum Gasteiger partial charge on any atom is -0.264 e. The van der Waals surface area contributed by atoms with Crippen molar-refractivity contribution in [2.45, 2.75) is 0 Å². The molecule has 1 radical (unpaired) electrons. The van der Waals surface area contributed by atoms with Gasteiger partial charge in [-0.05, 0) is 34.9 Å². The van der Waals surface area contributed by atoms with Crippen molar-refractivity contribution in [3.8, 4) is 22.3 Å². The summed E-state index contributed by atoms with van der Waals surface area (Å²) in [7, 11) is 0. The summed E-state index contributed by atoms with van der Waals surface area (Å²) in [5, 5.41) is 0. The molecule has 0 aliphatic rings. The minimum absolute atomic E-state index is 1.11. The van der Waals surface area contributed by atoms with Crippen LogP contribution in [0.15, 0.2) is 73.1 Å². The van der Waals surface area contributed by atoms with Gasteiger partial charge in [0, 0.05) is 18.0 Å². The SMILES string of the molecule is [c]1cc(-c2cccnc2)ccc1-c1ccccc1. The summed E-state index contributed by atoms with van der Waals surface area (Å²) in [6.45, 7) is 0. The molecule has 18 heavy (non-hydrogen) atoms. The summed E-state index contributed by atoms with van der Waals surface area (Å²) < 4.78 is 0. The number of rotatable bonds is 2. The zero-order chi connectivity index (χ0) is 12.2. The Morgan fingerprint density at radius 3 is 2.22 bits per heavy atom. The van der Waals surface area contributed by atoms with Gasteiger partial charge in [-0.1, -0.05) is 48.5 Å². The summed E-state index contributed by atoms with van der Waals surface area (Å²) in [4.78, 5) is 4.13. The molecule has 0 aliphatic carbocycles. The first-order valence-electron chi connectivity index (χ1n) is 5.91. The van der Waals surface area contributed by atoms with Crippen molar-refractivity contribution in [2.75, 3.05) is 0 Å². The normalized spacial score (nSPS) is 10.2. The molecule has 0 saturated carbocycles. The Morgan fingerprint density at radius 2 is 1.56 bits per heavy atom. The smallest absolute Gasteiger partial charge is 0.0346 e. The topological polar surface area (TPSA) is 12.9 Å². The maximum Gasteiger partial charge on any atom is 0.0346 e. The van der Waals surface area contributed by atoms with E-state index >= 15 is 0 Å². The number of hydrogen-bond acceptors (Lipinski definition) is 1. The first-order valence-corrected chi connectivity index (χ1v) is 5.91. The number of hydrogen-bond donors (Lipinski definition) is 0. The molecule has 85 valence electrons. The lowest BCUT2D eigenvalue weighted by atomic mass is 10.0. The number of aromatic nitrogens is 1. The second kappa shape index (κ2) is 4.84. The van der Waals surface area contributed by atoms with E-state index in [4.69, 9.17) is 0 Å². The van der Waals surface area contributed by atoms with E-state index in [-0.39, 0.29) is 0 Å². The van der Waals surface area contributed by atoms with E-state index < -0.39 is 0 Å². The molecule has 0 fully saturated rings. The van der Waals surface area contributed by atoms with Crippen LogP contribution in [0.1, 0.15) is 0 Å². The van der Waals surface area contributed by atoms with Crippen molar-refractivity contribution < 1.29 is 0 Å². The van der Waals surface area contributed by atoms with Gasteiger partial charge >= 0.3 is 0 Å². The monoisotopic (exact) mass is 230 g/mol. The van der Waals surface area contributed by atoms with Gasteiger partial charge in [0.05, 0.1) is 0 Å². The van der Waals surface area contributed by atoms with E-state index in [2.05, 4.69) is 41.4 Å². The predicted octanol–water partition coefficient (Wildman–Crippen LogP) is 4.22. The maximum absolute atomic E-state index is 4.13. The quantitative estimate of drug-likeness (QED) is 0.642. The Hall–Kier alpha value is -2.41. The summed E-state index contributed by atoms with van der Waals surface area (Å²) >= 11 is 0. The molecule has 0 atom stereocenters. The lowest BCUT2D eigenvalue weighted by Gasteiger charge is -2.03. The molecule has 0 spiro atoms. The van der Waals surface area contributed by atoms with E-state index in [9.17, 15) is 0 Å². The standard InChI is InChI=1S/C17H12N/c1-2-5-14(6-3-1)15-8-10-16(11-9-15)17-7-4-12-18-13-17/h1-8,10-13H. The summed E-state index contributed by atoms with van der Waals surface area (Å²) in [5.74, 6) is 0. The van der Waals surface area contributed by atoms with Gasteiger partial charge < -0.3 is 0 Å². The molecule has 2 aromatic carbocycles. The molecular formula is C17H12N. The van der Waals surface area contributed by atoms with Crippen molar-refractivity contribution in [3.63, 3.8) is 0 Å². The van der Waals surface area contributed by atoms with Crippen LogP contribution in [0.2, 0.25) is 0 Å². The van der Waals surface area contributed by atoms with Crippen molar-refractivity contribution in [2.24, 2.45) is 0 Å². The second-order valence-corrected chi connectivity index (χ2v) is 4.10. The van der Waals surface area contributed by atoms with E-state index in [0.717, 1.165) is 16.7 Å². The average molecular weight is 230 g/mol. The van der Waals surface area contributed by atoms with Gasteiger partial charge in [-0.25, -0.2) is 0 Å². The minimum atomic E-state index is 1.11. The maximum atomic E-state index is 4.13. The van der Waals surface area contributed by atoms with Crippen LogP contribution in [0.25, 0.3) is 22.3 Å². The van der Waals surface area contributed by atoms with Crippen molar-refractivity contribution in [1.29, 1.82) is 0 Å². The Kier molecular flexibility index (Phi) is 2.89. The fourth-order valence-electron chi connectivity index (χ4n) is 1.94. The number of benzene rings is 2. The molecule has 1 heteroatoms. The van der Waals surface area contributed by atoms with Crippen LogP contribution in [0.4, 0.5) is 0 Å². The third-order valence-electron chi connectivity index (χ3n) is 2.89. The lowest BCUT2D eigenvalue weighted by molar-refractivity contribution is 1.33. The highest BCUT2D eigenvalue weighted by Crippen LogP contribution is 2.23. The first kappa shape index (κ1) is 10.7. The van der Waals surface area contributed by atoms with E-state index in [1.54, 1.807) is 6.20 Å². The van der Waals surface area contributed by atoms with Crippen molar-refractivity contribution >= 4 is 0 Å². The highest BCUT2D eigenvalue weighted by Gasteiger charge is 1.99. The van der Waals surface area contributed by atoms with Crippen LogP contribution in [0.3, 0.4) is 0 Å². The zero-order valence-corrected chi connectivity index (χ0v) is 9.88. The molecular weight excluding hydrogens is 218 g/mol. The van der Waals surface area contributed by atoms with Gasteiger partial charge in [0.25, 0.3) is 0 Å². The molecule has 0 N–H and O–H groups in total. The molecule has 0 amide bonds. The fourth-order valence-corrected chi connectivity index (χ4v) is 1.94.